The molecule has 1 aliphatic rings. The van der Waals surface area contributed by atoms with Crippen LogP contribution >= 0.6 is 11.3 Å². The van der Waals surface area contributed by atoms with Crippen LogP contribution < -0.4 is 5.73 Å². The summed E-state index contributed by atoms with van der Waals surface area (Å²) in [6.07, 6.45) is 4.66. The van der Waals surface area contributed by atoms with E-state index >= 15 is 0 Å². The summed E-state index contributed by atoms with van der Waals surface area (Å²) in [7, 11) is 2.16. The van der Waals surface area contributed by atoms with Gasteiger partial charge in [0.2, 0.25) is 0 Å². The Balaban J connectivity index is 1.90. The lowest BCUT2D eigenvalue weighted by Crippen LogP contribution is -2.38. The number of thiazole rings is 1. The SMILES string of the molecule is CN(Cc1cncs1)C(CN)C1CC1. The summed E-state index contributed by atoms with van der Waals surface area (Å²) in [5.74, 6) is 0.845. The third-order valence-corrected chi connectivity index (χ3v) is 3.63. The number of aromatic nitrogens is 1. The molecule has 14 heavy (non-hydrogen) atoms. The van der Waals surface area contributed by atoms with Crippen LogP contribution in [0, 0.1) is 5.92 Å². The minimum Gasteiger partial charge on any atom is -0.329 e. The highest BCUT2D eigenvalue weighted by Crippen LogP contribution is 2.35. The number of nitrogens with zero attached hydrogens (tertiary/aromatic N) is 2. The Morgan fingerprint density at radius 2 is 2.50 bits per heavy atom. The van der Waals surface area contributed by atoms with E-state index in [4.69, 9.17) is 5.73 Å². The van der Waals surface area contributed by atoms with Gasteiger partial charge in [0.05, 0.1) is 5.51 Å². The Labute approximate surface area is 88.9 Å². The molecule has 1 atom stereocenters. The minimum absolute atomic E-state index is 0.567. The average molecular weight is 211 g/mol. The lowest BCUT2D eigenvalue weighted by atomic mass is 10.1. The molecule has 1 aliphatic carbocycles. The molecule has 0 saturated heterocycles. The highest BCUT2D eigenvalue weighted by Gasteiger charge is 2.32. The van der Waals surface area contributed by atoms with Gasteiger partial charge in [-0.3, -0.25) is 9.88 Å². The van der Waals surface area contributed by atoms with Gasteiger partial charge in [-0.05, 0) is 25.8 Å². The third-order valence-electron chi connectivity index (χ3n) is 2.86. The molecule has 78 valence electrons. The highest BCUT2D eigenvalue weighted by molar-refractivity contribution is 7.09. The van der Waals surface area contributed by atoms with Gasteiger partial charge in [-0.15, -0.1) is 11.3 Å². The van der Waals surface area contributed by atoms with E-state index in [1.54, 1.807) is 11.3 Å². The first-order valence-electron chi connectivity index (χ1n) is 5.09. The fraction of sp³-hybridized carbons (Fsp3) is 0.700. The van der Waals surface area contributed by atoms with Crippen LogP contribution in [-0.4, -0.2) is 29.5 Å². The summed E-state index contributed by atoms with van der Waals surface area (Å²) >= 11 is 1.72. The molecule has 0 radical (unpaired) electrons. The van der Waals surface area contributed by atoms with Crippen molar-refractivity contribution in [3.63, 3.8) is 0 Å². The standard InChI is InChI=1S/C10H17N3S/c1-13(6-9-5-12-7-14-9)10(4-11)8-2-3-8/h5,7-8,10H,2-4,6,11H2,1H3. The Kier molecular flexibility index (Phi) is 3.15. The van der Waals surface area contributed by atoms with Crippen LogP contribution in [0.4, 0.5) is 0 Å². The van der Waals surface area contributed by atoms with Crippen molar-refractivity contribution in [1.29, 1.82) is 0 Å². The molecule has 0 amide bonds. The molecule has 2 N–H and O–H groups in total. The number of likely N-dealkylation sites (N-methyl/N-ethyl adjacent to an activating group) is 1. The molecule has 1 unspecified atom stereocenters. The van der Waals surface area contributed by atoms with Crippen molar-refractivity contribution in [2.45, 2.75) is 25.4 Å². The topological polar surface area (TPSA) is 42.2 Å². The summed E-state index contributed by atoms with van der Waals surface area (Å²) in [5.41, 5.74) is 7.68. The molecule has 0 bridgehead atoms. The van der Waals surface area contributed by atoms with Gasteiger partial charge in [0.25, 0.3) is 0 Å². The van der Waals surface area contributed by atoms with Crippen molar-refractivity contribution in [2.24, 2.45) is 11.7 Å². The first-order valence-corrected chi connectivity index (χ1v) is 5.97. The van der Waals surface area contributed by atoms with Crippen LogP contribution in [-0.2, 0) is 6.54 Å². The van der Waals surface area contributed by atoms with Crippen molar-refractivity contribution in [3.05, 3.63) is 16.6 Å². The quantitative estimate of drug-likeness (QED) is 0.798. The Hall–Kier alpha value is -0.450. The summed E-state index contributed by atoms with van der Waals surface area (Å²) < 4.78 is 0. The van der Waals surface area contributed by atoms with Crippen molar-refractivity contribution < 1.29 is 0 Å². The number of rotatable bonds is 5. The van der Waals surface area contributed by atoms with Crippen LogP contribution in [0.3, 0.4) is 0 Å². The second kappa shape index (κ2) is 4.38. The first-order chi connectivity index (χ1) is 6.81. The van der Waals surface area contributed by atoms with E-state index in [1.165, 1.54) is 17.7 Å². The van der Waals surface area contributed by atoms with Gasteiger partial charge in [0.1, 0.15) is 0 Å². The minimum atomic E-state index is 0.567. The molecule has 1 aromatic heterocycles. The van der Waals surface area contributed by atoms with E-state index < -0.39 is 0 Å². The fourth-order valence-corrected chi connectivity index (χ4v) is 2.55. The number of nitrogens with two attached hydrogens (primary N) is 1. The van der Waals surface area contributed by atoms with Gasteiger partial charge < -0.3 is 5.73 Å². The fourth-order valence-electron chi connectivity index (χ4n) is 1.90. The second-order valence-electron chi connectivity index (χ2n) is 4.02. The number of hydrogen-bond acceptors (Lipinski definition) is 4. The maximum Gasteiger partial charge on any atom is 0.0794 e. The first kappa shape index (κ1) is 10.1. The van der Waals surface area contributed by atoms with Crippen molar-refractivity contribution in [2.75, 3.05) is 13.6 Å². The zero-order valence-electron chi connectivity index (χ0n) is 8.52. The summed E-state index contributed by atoms with van der Waals surface area (Å²) in [6, 6.07) is 0.567. The summed E-state index contributed by atoms with van der Waals surface area (Å²) in [4.78, 5) is 7.77. The predicted octanol–water partition coefficient (Wildman–Crippen LogP) is 1.31. The summed E-state index contributed by atoms with van der Waals surface area (Å²) in [6.45, 7) is 1.77. The molecule has 0 aliphatic heterocycles. The van der Waals surface area contributed by atoms with Gasteiger partial charge >= 0.3 is 0 Å². The van der Waals surface area contributed by atoms with Crippen LogP contribution in [0.1, 0.15) is 17.7 Å². The van der Waals surface area contributed by atoms with Gasteiger partial charge in [0, 0.05) is 30.2 Å². The van der Waals surface area contributed by atoms with E-state index in [1.807, 2.05) is 11.7 Å². The molecule has 2 rings (SSSR count). The molecule has 1 saturated carbocycles. The largest absolute Gasteiger partial charge is 0.329 e. The Morgan fingerprint density at radius 3 is 3.00 bits per heavy atom. The van der Waals surface area contributed by atoms with Gasteiger partial charge in [-0.1, -0.05) is 0 Å². The lowest BCUT2D eigenvalue weighted by Gasteiger charge is -2.26. The monoisotopic (exact) mass is 211 g/mol. The van der Waals surface area contributed by atoms with E-state index in [9.17, 15) is 0 Å². The van der Waals surface area contributed by atoms with Gasteiger partial charge in [-0.2, -0.15) is 0 Å². The molecular weight excluding hydrogens is 194 g/mol. The highest BCUT2D eigenvalue weighted by atomic mass is 32.1. The smallest absolute Gasteiger partial charge is 0.0794 e. The van der Waals surface area contributed by atoms with Gasteiger partial charge in [-0.25, -0.2) is 0 Å². The van der Waals surface area contributed by atoms with E-state index in [2.05, 4.69) is 16.9 Å². The van der Waals surface area contributed by atoms with E-state index in [0.717, 1.165) is 19.0 Å². The van der Waals surface area contributed by atoms with E-state index in [0.29, 0.717) is 6.04 Å². The molecule has 0 aromatic carbocycles. The van der Waals surface area contributed by atoms with Crippen molar-refractivity contribution in [1.82, 2.24) is 9.88 Å². The maximum absolute atomic E-state index is 5.79. The Morgan fingerprint density at radius 1 is 1.71 bits per heavy atom. The van der Waals surface area contributed by atoms with E-state index in [-0.39, 0.29) is 0 Å². The normalized spacial score (nSPS) is 18.8. The van der Waals surface area contributed by atoms with Crippen LogP contribution in [0.5, 0.6) is 0 Å². The molecule has 3 nitrogen and oxygen atoms in total. The predicted molar refractivity (Wildman–Crippen MR) is 59.1 cm³/mol. The van der Waals surface area contributed by atoms with Crippen molar-refractivity contribution >= 4 is 11.3 Å². The zero-order valence-corrected chi connectivity index (χ0v) is 9.33. The zero-order chi connectivity index (χ0) is 9.97. The lowest BCUT2D eigenvalue weighted by molar-refractivity contribution is 0.217. The molecule has 1 aromatic rings. The Bertz CT molecular complexity index is 269. The number of hydrogen-bond donors (Lipinski definition) is 1. The van der Waals surface area contributed by atoms with Crippen LogP contribution in [0.15, 0.2) is 11.7 Å². The van der Waals surface area contributed by atoms with Crippen molar-refractivity contribution in [3.8, 4) is 0 Å². The molecule has 1 heterocycles. The maximum atomic E-state index is 5.79. The third kappa shape index (κ3) is 2.32. The summed E-state index contributed by atoms with van der Waals surface area (Å²) in [5, 5.41) is 0. The van der Waals surface area contributed by atoms with Crippen LogP contribution in [0.2, 0.25) is 0 Å². The average Bonchev–Trinajstić information content (AvgIpc) is 2.86. The molecule has 1 fully saturated rings. The molecule has 4 heteroatoms. The van der Waals surface area contributed by atoms with Gasteiger partial charge in [0.15, 0.2) is 0 Å². The second-order valence-corrected chi connectivity index (χ2v) is 4.99. The molecular formula is C10H17N3S. The van der Waals surface area contributed by atoms with Crippen LogP contribution in [0.25, 0.3) is 0 Å². The molecule has 0 spiro atoms.